The summed E-state index contributed by atoms with van der Waals surface area (Å²) in [5.74, 6) is -0.374. The lowest BCUT2D eigenvalue weighted by atomic mass is 10.3. The van der Waals surface area contributed by atoms with E-state index in [4.69, 9.17) is 36.7 Å². The maximum atomic E-state index is 11.3. The Balaban J connectivity index is 0.000000564. The highest BCUT2D eigenvalue weighted by molar-refractivity contribution is 6.61. The SMILES string of the molecule is CCOC(=O)CCCN.CCOC(=O)CCCNC(=O)OC1CCCC1.O=C(Cl)OC1CCCC1.OC1CCCC1. The van der Waals surface area contributed by atoms with Crippen LogP contribution in [0.25, 0.3) is 0 Å². The summed E-state index contributed by atoms with van der Waals surface area (Å²) in [7, 11) is 0. The number of carbonyl (C=O) groups excluding carboxylic acids is 4. The third-order valence-electron chi connectivity index (χ3n) is 6.48. The lowest BCUT2D eigenvalue weighted by Crippen LogP contribution is -2.29. The smallest absolute Gasteiger partial charge is 0.407 e. The minimum atomic E-state index is -0.665. The van der Waals surface area contributed by atoms with Gasteiger partial charge >= 0.3 is 23.5 Å². The Morgan fingerprint density at radius 2 is 1.20 bits per heavy atom. The molecule has 240 valence electrons. The van der Waals surface area contributed by atoms with Gasteiger partial charge in [0.15, 0.2) is 0 Å². The van der Waals surface area contributed by atoms with E-state index in [-0.39, 0.29) is 36.3 Å². The second kappa shape index (κ2) is 26.8. The van der Waals surface area contributed by atoms with Crippen LogP contribution in [0.2, 0.25) is 0 Å². The first-order valence-corrected chi connectivity index (χ1v) is 15.6. The first-order chi connectivity index (χ1) is 19.7. The van der Waals surface area contributed by atoms with Crippen LogP contribution in [-0.2, 0) is 28.5 Å². The van der Waals surface area contributed by atoms with Crippen molar-refractivity contribution in [1.82, 2.24) is 5.32 Å². The number of esters is 2. The summed E-state index contributed by atoms with van der Waals surface area (Å²) in [5.41, 5.74) is 4.50. The highest BCUT2D eigenvalue weighted by Gasteiger charge is 2.19. The van der Waals surface area contributed by atoms with E-state index < -0.39 is 5.43 Å². The third-order valence-corrected chi connectivity index (χ3v) is 6.57. The number of alkyl carbamates (subject to hydrolysis) is 1. The molecule has 12 heteroatoms. The van der Waals surface area contributed by atoms with Crippen molar-refractivity contribution in [3.05, 3.63) is 0 Å². The summed E-state index contributed by atoms with van der Waals surface area (Å²) in [6.45, 7) is 5.43. The molecular weight excluding hydrogens is 556 g/mol. The molecule has 3 aliphatic rings. The molecule has 0 heterocycles. The minimum Gasteiger partial charge on any atom is -0.466 e. The predicted octanol–water partition coefficient (Wildman–Crippen LogP) is 5.51. The predicted molar refractivity (Wildman–Crippen MR) is 157 cm³/mol. The number of aliphatic hydroxyl groups is 1. The molecule has 0 aromatic heterocycles. The summed E-state index contributed by atoms with van der Waals surface area (Å²) in [4.78, 5) is 43.0. The molecule has 3 rings (SSSR count). The zero-order chi connectivity index (χ0) is 30.7. The molecule has 0 bridgehead atoms. The van der Waals surface area contributed by atoms with Gasteiger partial charge in [0.1, 0.15) is 12.2 Å². The minimum absolute atomic E-state index is 0.0463. The van der Waals surface area contributed by atoms with E-state index in [2.05, 4.69) is 10.1 Å². The van der Waals surface area contributed by atoms with Gasteiger partial charge in [-0.05, 0) is 97.4 Å². The monoisotopic (exact) mass is 608 g/mol. The van der Waals surface area contributed by atoms with Gasteiger partial charge < -0.3 is 35.1 Å². The fraction of sp³-hybridized carbons (Fsp3) is 0.862. The normalized spacial score (nSPS) is 16.6. The van der Waals surface area contributed by atoms with Crippen molar-refractivity contribution in [3.63, 3.8) is 0 Å². The van der Waals surface area contributed by atoms with E-state index in [1.807, 2.05) is 0 Å². The van der Waals surface area contributed by atoms with E-state index >= 15 is 0 Å². The molecule has 41 heavy (non-hydrogen) atoms. The number of ether oxygens (including phenoxy) is 4. The van der Waals surface area contributed by atoms with Crippen molar-refractivity contribution in [2.24, 2.45) is 5.73 Å². The van der Waals surface area contributed by atoms with Gasteiger partial charge in [0.05, 0.1) is 19.3 Å². The van der Waals surface area contributed by atoms with Gasteiger partial charge in [0.25, 0.3) is 0 Å². The number of aliphatic hydroxyl groups excluding tert-OH is 1. The van der Waals surface area contributed by atoms with E-state index in [0.717, 1.165) is 70.6 Å². The standard InChI is InChI=1S/C12H21NO4.C6H9ClO2.C6H13NO2.C5H10O/c1-2-16-11(14)8-5-9-13-12(15)17-10-6-3-4-7-10;7-6(8)9-5-3-1-2-4-5;1-2-9-6(8)4-3-5-7;6-5-3-1-2-4-5/h10H,2-9H2,1H3,(H,13,15);5H,1-4H2;2-5,7H2,1H3;5-6H,1-4H2. The van der Waals surface area contributed by atoms with Crippen molar-refractivity contribution >= 4 is 35.1 Å². The third kappa shape index (κ3) is 25.3. The van der Waals surface area contributed by atoms with Crippen LogP contribution >= 0.6 is 11.6 Å². The fourth-order valence-electron chi connectivity index (χ4n) is 4.38. The lowest BCUT2D eigenvalue weighted by Gasteiger charge is -2.11. The Morgan fingerprint density at radius 1 is 0.756 bits per heavy atom. The van der Waals surface area contributed by atoms with Crippen LogP contribution in [0.4, 0.5) is 9.59 Å². The average molecular weight is 609 g/mol. The molecule has 3 fully saturated rings. The summed E-state index contributed by atoms with van der Waals surface area (Å²) < 4.78 is 19.4. The molecule has 0 spiro atoms. The molecule has 0 aromatic rings. The van der Waals surface area contributed by atoms with E-state index in [1.54, 1.807) is 13.8 Å². The molecule has 3 saturated carbocycles. The molecule has 0 saturated heterocycles. The Hall–Kier alpha value is -2.11. The van der Waals surface area contributed by atoms with Crippen LogP contribution in [0.15, 0.2) is 0 Å². The first-order valence-electron chi connectivity index (χ1n) is 15.2. The molecule has 0 unspecified atom stereocenters. The quantitative estimate of drug-likeness (QED) is 0.118. The maximum Gasteiger partial charge on any atom is 0.407 e. The zero-order valence-electron chi connectivity index (χ0n) is 25.0. The Labute approximate surface area is 250 Å². The van der Waals surface area contributed by atoms with Gasteiger partial charge in [0, 0.05) is 31.0 Å². The molecule has 0 aromatic carbocycles. The van der Waals surface area contributed by atoms with Crippen molar-refractivity contribution < 1.29 is 43.2 Å². The summed E-state index contributed by atoms with van der Waals surface area (Å²) in [5, 5.41) is 11.4. The molecule has 11 nitrogen and oxygen atoms in total. The molecule has 0 radical (unpaired) electrons. The molecular formula is C29H53ClN2O9. The molecule has 0 atom stereocenters. The molecule has 1 amide bonds. The number of carbonyl (C=O) groups is 4. The molecule has 3 aliphatic carbocycles. The Kier molecular flexibility index (Phi) is 25.4. The number of rotatable bonds is 11. The number of halogens is 1. The highest BCUT2D eigenvalue weighted by atomic mass is 35.5. The topological polar surface area (TPSA) is 163 Å². The summed E-state index contributed by atoms with van der Waals surface area (Å²) in [6, 6.07) is 0. The van der Waals surface area contributed by atoms with Crippen molar-refractivity contribution in [2.75, 3.05) is 26.3 Å². The Morgan fingerprint density at radius 3 is 1.59 bits per heavy atom. The lowest BCUT2D eigenvalue weighted by molar-refractivity contribution is -0.144. The zero-order valence-corrected chi connectivity index (χ0v) is 25.8. The van der Waals surface area contributed by atoms with Gasteiger partial charge in [0.2, 0.25) is 0 Å². The van der Waals surface area contributed by atoms with Gasteiger partial charge in [-0.2, -0.15) is 0 Å². The number of hydrogen-bond acceptors (Lipinski definition) is 10. The van der Waals surface area contributed by atoms with Crippen molar-refractivity contribution in [1.29, 1.82) is 0 Å². The molecule has 4 N–H and O–H groups in total. The van der Waals surface area contributed by atoms with E-state index in [1.165, 1.54) is 12.8 Å². The van der Waals surface area contributed by atoms with Gasteiger partial charge in [-0.25, -0.2) is 9.59 Å². The summed E-state index contributed by atoms with van der Waals surface area (Å²) in [6.07, 6.45) is 15.0. The number of amides is 1. The van der Waals surface area contributed by atoms with Crippen LogP contribution in [0, 0.1) is 0 Å². The summed E-state index contributed by atoms with van der Waals surface area (Å²) >= 11 is 5.00. The number of nitrogens with one attached hydrogen (secondary N) is 1. The van der Waals surface area contributed by atoms with Crippen molar-refractivity contribution in [3.8, 4) is 0 Å². The molecule has 0 aliphatic heterocycles. The van der Waals surface area contributed by atoms with Gasteiger partial charge in [-0.1, -0.05) is 12.8 Å². The Bertz CT molecular complexity index is 694. The average Bonchev–Trinajstić information content (AvgIpc) is 3.72. The van der Waals surface area contributed by atoms with Crippen molar-refractivity contribution in [2.45, 2.75) is 135 Å². The largest absolute Gasteiger partial charge is 0.466 e. The second-order valence-corrected chi connectivity index (χ2v) is 10.4. The van der Waals surface area contributed by atoms with Crippen LogP contribution in [0.5, 0.6) is 0 Å². The van der Waals surface area contributed by atoms with E-state index in [9.17, 15) is 19.2 Å². The maximum absolute atomic E-state index is 11.3. The van der Waals surface area contributed by atoms with Crippen LogP contribution in [0.1, 0.15) is 117 Å². The van der Waals surface area contributed by atoms with Crippen LogP contribution < -0.4 is 11.1 Å². The van der Waals surface area contributed by atoms with Gasteiger partial charge in [-0.15, -0.1) is 0 Å². The number of hydrogen-bond donors (Lipinski definition) is 3. The van der Waals surface area contributed by atoms with Crippen LogP contribution in [-0.4, -0.2) is 73.2 Å². The van der Waals surface area contributed by atoms with Gasteiger partial charge in [-0.3, -0.25) is 9.59 Å². The van der Waals surface area contributed by atoms with E-state index in [0.29, 0.717) is 45.6 Å². The second-order valence-electron chi connectivity index (χ2n) is 10.0. The van der Waals surface area contributed by atoms with Crippen LogP contribution in [0.3, 0.4) is 0 Å². The first kappa shape index (κ1) is 38.9. The fourth-order valence-corrected chi connectivity index (χ4v) is 4.50. The number of nitrogens with two attached hydrogens (primary N) is 1. The highest BCUT2D eigenvalue weighted by Crippen LogP contribution is 2.22.